The molecule has 0 aliphatic heterocycles. The van der Waals surface area contributed by atoms with E-state index in [1.807, 2.05) is 54.6 Å². The predicted molar refractivity (Wildman–Crippen MR) is 149 cm³/mol. The molecule has 1 saturated carbocycles. The fourth-order valence-corrected chi connectivity index (χ4v) is 4.95. The van der Waals surface area contributed by atoms with E-state index < -0.39 is 6.04 Å². The Balaban J connectivity index is 1.61. The van der Waals surface area contributed by atoms with Crippen LogP contribution in [0.25, 0.3) is 0 Å². The van der Waals surface area contributed by atoms with E-state index in [4.69, 9.17) is 21.1 Å². The third kappa shape index (κ3) is 7.99. The standard InChI is InChI=1S/C31H35ClN2O4/c1-37-28-14-8-11-24(19-28)21-34(30(35)22-38-27-17-15-25(32)16-18-27)29(20-23-9-4-2-5-10-23)31(36)33-26-12-6-3-7-13-26/h2,4-5,8-11,14-19,26,29H,3,6-7,12-13,20-22H2,1H3,(H,33,36)/t29-/m1/s1. The molecule has 1 aliphatic carbocycles. The first kappa shape index (κ1) is 27.5. The van der Waals surface area contributed by atoms with Crippen LogP contribution in [0.3, 0.4) is 0 Å². The van der Waals surface area contributed by atoms with Crippen molar-refractivity contribution in [2.75, 3.05) is 13.7 Å². The van der Waals surface area contributed by atoms with Crippen molar-refractivity contribution >= 4 is 23.4 Å². The van der Waals surface area contributed by atoms with Crippen molar-refractivity contribution in [3.63, 3.8) is 0 Å². The summed E-state index contributed by atoms with van der Waals surface area (Å²) in [5.74, 6) is 0.819. The second-order valence-corrected chi connectivity index (χ2v) is 10.1. The van der Waals surface area contributed by atoms with Gasteiger partial charge in [0.1, 0.15) is 17.5 Å². The summed E-state index contributed by atoms with van der Waals surface area (Å²) in [7, 11) is 1.61. The second kappa shape index (κ2) is 13.9. The Morgan fingerprint density at radius 3 is 2.34 bits per heavy atom. The van der Waals surface area contributed by atoms with Gasteiger partial charge in [-0.3, -0.25) is 9.59 Å². The number of hydrogen-bond acceptors (Lipinski definition) is 4. The molecule has 1 fully saturated rings. The summed E-state index contributed by atoms with van der Waals surface area (Å²) in [4.78, 5) is 29.2. The molecular weight excluding hydrogens is 500 g/mol. The Morgan fingerprint density at radius 1 is 0.921 bits per heavy atom. The van der Waals surface area contributed by atoms with Crippen molar-refractivity contribution in [2.24, 2.45) is 0 Å². The number of halogens is 1. The Morgan fingerprint density at radius 2 is 1.63 bits per heavy atom. The van der Waals surface area contributed by atoms with Gasteiger partial charge in [-0.1, -0.05) is 73.3 Å². The van der Waals surface area contributed by atoms with Crippen LogP contribution >= 0.6 is 11.6 Å². The molecule has 200 valence electrons. The maximum absolute atomic E-state index is 13.8. The number of hydrogen-bond donors (Lipinski definition) is 1. The minimum atomic E-state index is -0.702. The fraction of sp³-hybridized carbons (Fsp3) is 0.355. The summed E-state index contributed by atoms with van der Waals surface area (Å²) in [5, 5.41) is 3.84. The van der Waals surface area contributed by atoms with Crippen molar-refractivity contribution < 1.29 is 19.1 Å². The number of carbonyl (C=O) groups excluding carboxylic acids is 2. The van der Waals surface area contributed by atoms with Gasteiger partial charge in [0.2, 0.25) is 5.91 Å². The number of amides is 2. The lowest BCUT2D eigenvalue weighted by Gasteiger charge is -2.33. The maximum atomic E-state index is 13.8. The zero-order chi connectivity index (χ0) is 26.7. The molecule has 0 aromatic heterocycles. The van der Waals surface area contributed by atoms with Gasteiger partial charge in [-0.05, 0) is 60.4 Å². The van der Waals surface area contributed by atoms with Gasteiger partial charge in [0.25, 0.3) is 5.91 Å². The smallest absolute Gasteiger partial charge is 0.261 e. The highest BCUT2D eigenvalue weighted by molar-refractivity contribution is 6.30. The number of rotatable bonds is 11. The number of carbonyl (C=O) groups is 2. The highest BCUT2D eigenvalue weighted by Gasteiger charge is 2.32. The lowest BCUT2D eigenvalue weighted by molar-refractivity contribution is -0.143. The summed E-state index contributed by atoms with van der Waals surface area (Å²) < 4.78 is 11.2. The van der Waals surface area contributed by atoms with Gasteiger partial charge in [-0.25, -0.2) is 0 Å². The summed E-state index contributed by atoms with van der Waals surface area (Å²) >= 11 is 5.99. The van der Waals surface area contributed by atoms with Crippen LogP contribution in [0, 0.1) is 0 Å². The molecule has 2 amide bonds. The van der Waals surface area contributed by atoms with Crippen LogP contribution in [-0.4, -0.2) is 42.5 Å². The van der Waals surface area contributed by atoms with Crippen molar-refractivity contribution in [2.45, 2.75) is 57.2 Å². The molecule has 0 spiro atoms. The van der Waals surface area contributed by atoms with Crippen LogP contribution in [0.1, 0.15) is 43.2 Å². The molecule has 38 heavy (non-hydrogen) atoms. The van der Waals surface area contributed by atoms with Crippen LogP contribution in [0.15, 0.2) is 78.9 Å². The highest BCUT2D eigenvalue weighted by atomic mass is 35.5. The average molecular weight is 535 g/mol. The Hall–Kier alpha value is -3.51. The van der Waals surface area contributed by atoms with Crippen molar-refractivity contribution in [1.82, 2.24) is 10.2 Å². The molecule has 0 heterocycles. The van der Waals surface area contributed by atoms with Crippen LogP contribution in [0.4, 0.5) is 0 Å². The quantitative estimate of drug-likeness (QED) is 0.337. The first-order chi connectivity index (χ1) is 18.5. The SMILES string of the molecule is COc1cccc(CN(C(=O)COc2ccc(Cl)cc2)[C@H](Cc2ccccc2)C(=O)NC2CCCCC2)c1. The van der Waals surface area contributed by atoms with E-state index in [0.717, 1.165) is 36.8 Å². The van der Waals surface area contributed by atoms with Gasteiger partial charge >= 0.3 is 0 Å². The molecule has 3 aromatic rings. The molecule has 1 N–H and O–H groups in total. The predicted octanol–water partition coefficient (Wildman–Crippen LogP) is 5.82. The van der Waals surface area contributed by atoms with Crippen molar-refractivity contribution in [3.05, 3.63) is 95.0 Å². The van der Waals surface area contributed by atoms with Crippen LogP contribution in [0.2, 0.25) is 5.02 Å². The Bertz CT molecular complexity index is 1180. The molecule has 1 aliphatic rings. The number of methoxy groups -OCH3 is 1. The summed E-state index contributed by atoms with van der Waals surface area (Å²) in [6.07, 6.45) is 5.74. The first-order valence-corrected chi connectivity index (χ1v) is 13.5. The molecule has 6 nitrogen and oxygen atoms in total. The van der Waals surface area contributed by atoms with E-state index in [9.17, 15) is 9.59 Å². The molecule has 1 atom stereocenters. The topological polar surface area (TPSA) is 67.9 Å². The number of nitrogens with zero attached hydrogens (tertiary/aromatic N) is 1. The monoisotopic (exact) mass is 534 g/mol. The Labute approximate surface area is 229 Å². The molecule has 0 bridgehead atoms. The second-order valence-electron chi connectivity index (χ2n) is 9.66. The lowest BCUT2D eigenvalue weighted by atomic mass is 9.94. The number of ether oxygens (including phenoxy) is 2. The molecule has 0 saturated heterocycles. The van der Waals surface area contributed by atoms with Gasteiger partial charge in [0.15, 0.2) is 6.61 Å². The van der Waals surface area contributed by atoms with Crippen molar-refractivity contribution in [1.29, 1.82) is 0 Å². The van der Waals surface area contributed by atoms with Crippen LogP contribution < -0.4 is 14.8 Å². The molecule has 3 aromatic carbocycles. The highest BCUT2D eigenvalue weighted by Crippen LogP contribution is 2.22. The number of benzene rings is 3. The largest absolute Gasteiger partial charge is 0.497 e. The fourth-order valence-electron chi connectivity index (χ4n) is 4.82. The normalized spacial score (nSPS) is 14.4. The minimum Gasteiger partial charge on any atom is -0.497 e. The minimum absolute atomic E-state index is 0.133. The van der Waals surface area contributed by atoms with Gasteiger partial charge in [0.05, 0.1) is 7.11 Å². The first-order valence-electron chi connectivity index (χ1n) is 13.2. The van der Waals surface area contributed by atoms with E-state index in [-0.39, 0.29) is 31.0 Å². The van der Waals surface area contributed by atoms with E-state index in [0.29, 0.717) is 22.9 Å². The molecule has 0 radical (unpaired) electrons. The zero-order valence-electron chi connectivity index (χ0n) is 21.8. The molecule has 7 heteroatoms. The maximum Gasteiger partial charge on any atom is 0.261 e. The van der Waals surface area contributed by atoms with E-state index in [1.54, 1.807) is 36.3 Å². The van der Waals surface area contributed by atoms with Gasteiger partial charge < -0.3 is 19.7 Å². The van der Waals surface area contributed by atoms with E-state index in [2.05, 4.69) is 5.32 Å². The summed E-state index contributed by atoms with van der Waals surface area (Å²) in [6, 6.07) is 23.7. The van der Waals surface area contributed by atoms with Crippen LogP contribution in [-0.2, 0) is 22.6 Å². The average Bonchev–Trinajstić information content (AvgIpc) is 2.95. The van der Waals surface area contributed by atoms with Gasteiger partial charge in [0, 0.05) is 24.0 Å². The summed E-state index contributed by atoms with van der Waals surface area (Å²) in [6.45, 7) is 0.0448. The van der Waals surface area contributed by atoms with E-state index >= 15 is 0 Å². The lowest BCUT2D eigenvalue weighted by Crippen LogP contribution is -2.53. The van der Waals surface area contributed by atoms with Gasteiger partial charge in [-0.15, -0.1) is 0 Å². The molecule has 0 unspecified atom stereocenters. The molecule has 4 rings (SSSR count). The van der Waals surface area contributed by atoms with E-state index in [1.165, 1.54) is 6.42 Å². The van der Waals surface area contributed by atoms with Crippen LogP contribution in [0.5, 0.6) is 11.5 Å². The van der Waals surface area contributed by atoms with Crippen molar-refractivity contribution in [3.8, 4) is 11.5 Å². The van der Waals surface area contributed by atoms with Gasteiger partial charge in [-0.2, -0.15) is 0 Å². The Kier molecular flexibility index (Phi) is 10.0. The molecular formula is C31H35ClN2O4. The summed E-state index contributed by atoms with van der Waals surface area (Å²) in [5.41, 5.74) is 1.85. The number of nitrogens with one attached hydrogen (secondary N) is 1. The third-order valence-corrected chi connectivity index (χ3v) is 7.14. The third-order valence-electron chi connectivity index (χ3n) is 6.89. The zero-order valence-corrected chi connectivity index (χ0v) is 22.5.